The molecular weight excluding hydrogens is 442 g/mol. The average molecular weight is 468 g/mol. The van der Waals surface area contributed by atoms with Gasteiger partial charge in [-0.3, -0.25) is 9.59 Å². The van der Waals surface area contributed by atoms with Crippen LogP contribution in [0.3, 0.4) is 0 Å². The summed E-state index contributed by atoms with van der Waals surface area (Å²) in [6, 6.07) is 15.8. The van der Waals surface area contributed by atoms with E-state index in [0.717, 1.165) is 25.7 Å². The molecule has 1 fully saturated rings. The van der Waals surface area contributed by atoms with Gasteiger partial charge in [0.05, 0.1) is 11.2 Å². The monoisotopic (exact) mass is 467 g/mol. The molecule has 0 aliphatic carbocycles. The predicted octanol–water partition coefficient (Wildman–Crippen LogP) is 4.35. The van der Waals surface area contributed by atoms with E-state index in [-0.39, 0.29) is 22.5 Å². The maximum absolute atomic E-state index is 13.0. The molecule has 1 aromatic heterocycles. The number of benzene rings is 2. The molecule has 1 aliphatic rings. The van der Waals surface area contributed by atoms with E-state index in [1.807, 2.05) is 0 Å². The van der Waals surface area contributed by atoms with Crippen LogP contribution >= 0.6 is 0 Å². The maximum Gasteiger partial charge on any atom is 0.291 e. The van der Waals surface area contributed by atoms with Gasteiger partial charge in [-0.25, -0.2) is 8.42 Å². The van der Waals surface area contributed by atoms with Gasteiger partial charge in [-0.15, -0.1) is 0 Å². The Balaban J connectivity index is 1.42. The van der Waals surface area contributed by atoms with Crippen molar-refractivity contribution in [1.82, 2.24) is 4.31 Å². The molecule has 2 N–H and O–H groups in total. The van der Waals surface area contributed by atoms with Crippen molar-refractivity contribution in [1.29, 1.82) is 0 Å². The number of anilines is 2. The third kappa shape index (κ3) is 5.50. The highest BCUT2D eigenvalue weighted by molar-refractivity contribution is 7.89. The summed E-state index contributed by atoms with van der Waals surface area (Å²) in [5.41, 5.74) is 1.27. The second-order valence-corrected chi connectivity index (χ2v) is 9.75. The molecular formula is C24H25N3O5S. The molecule has 9 heteroatoms. The minimum Gasteiger partial charge on any atom is -0.459 e. The Kier molecular flexibility index (Phi) is 6.90. The second kappa shape index (κ2) is 10.0. The topological polar surface area (TPSA) is 109 Å². The lowest BCUT2D eigenvalue weighted by atomic mass is 10.2. The number of furan rings is 1. The molecule has 4 rings (SSSR count). The Morgan fingerprint density at radius 3 is 2.15 bits per heavy atom. The number of sulfonamides is 1. The maximum atomic E-state index is 13.0. The lowest BCUT2D eigenvalue weighted by Gasteiger charge is -2.20. The van der Waals surface area contributed by atoms with Gasteiger partial charge in [0.15, 0.2) is 5.76 Å². The predicted molar refractivity (Wildman–Crippen MR) is 125 cm³/mol. The van der Waals surface area contributed by atoms with Crippen LogP contribution in [0.4, 0.5) is 11.4 Å². The number of carbonyl (C=O) groups is 2. The van der Waals surface area contributed by atoms with E-state index in [1.165, 1.54) is 16.6 Å². The molecule has 0 bridgehead atoms. The van der Waals surface area contributed by atoms with E-state index in [0.29, 0.717) is 30.0 Å². The van der Waals surface area contributed by atoms with Crippen molar-refractivity contribution in [3.05, 3.63) is 78.3 Å². The van der Waals surface area contributed by atoms with Crippen LogP contribution in [-0.4, -0.2) is 37.6 Å². The van der Waals surface area contributed by atoms with Gasteiger partial charge in [-0.05, 0) is 67.4 Å². The van der Waals surface area contributed by atoms with Crippen LogP contribution in [0.15, 0.2) is 76.2 Å². The van der Waals surface area contributed by atoms with Crippen LogP contribution < -0.4 is 10.6 Å². The minimum atomic E-state index is -3.61. The highest BCUT2D eigenvalue weighted by Gasteiger charge is 2.25. The third-order valence-electron chi connectivity index (χ3n) is 5.44. The van der Waals surface area contributed by atoms with Crippen LogP contribution in [0.2, 0.25) is 0 Å². The molecule has 172 valence electrons. The summed E-state index contributed by atoms with van der Waals surface area (Å²) >= 11 is 0. The summed E-state index contributed by atoms with van der Waals surface area (Å²) in [5, 5.41) is 5.43. The first-order valence-electron chi connectivity index (χ1n) is 10.8. The molecule has 1 saturated heterocycles. The van der Waals surface area contributed by atoms with Crippen molar-refractivity contribution < 1.29 is 22.4 Å². The molecule has 0 saturated carbocycles. The van der Waals surface area contributed by atoms with Crippen molar-refractivity contribution in [2.45, 2.75) is 30.6 Å². The SMILES string of the molecule is O=C(Nc1cccc(S(=O)(=O)N2CCCCCC2)c1)c1ccc(NC(=O)c2ccco2)cc1. The molecule has 33 heavy (non-hydrogen) atoms. The van der Waals surface area contributed by atoms with Crippen molar-refractivity contribution in [2.24, 2.45) is 0 Å². The van der Waals surface area contributed by atoms with Gasteiger partial charge < -0.3 is 15.1 Å². The van der Waals surface area contributed by atoms with E-state index in [1.54, 1.807) is 54.6 Å². The highest BCUT2D eigenvalue weighted by Crippen LogP contribution is 2.23. The van der Waals surface area contributed by atoms with E-state index in [4.69, 9.17) is 4.42 Å². The standard InChI is InChI=1S/C24H25N3O5S/c28-23(18-10-12-19(13-11-18)25-24(29)22-9-6-16-32-22)26-20-7-5-8-21(17-20)33(30,31)27-14-3-1-2-4-15-27/h5-13,16-17H,1-4,14-15H2,(H,25,29)(H,26,28). The average Bonchev–Trinajstić information content (AvgIpc) is 3.22. The zero-order valence-corrected chi connectivity index (χ0v) is 18.8. The Bertz CT molecular complexity index is 1210. The van der Waals surface area contributed by atoms with Crippen molar-refractivity contribution in [3.63, 3.8) is 0 Å². The summed E-state index contributed by atoms with van der Waals surface area (Å²) in [4.78, 5) is 24.9. The normalized spacial score (nSPS) is 14.9. The summed E-state index contributed by atoms with van der Waals surface area (Å²) < 4.78 is 32.6. The zero-order valence-electron chi connectivity index (χ0n) is 18.0. The molecule has 0 unspecified atom stereocenters. The Morgan fingerprint density at radius 1 is 0.788 bits per heavy atom. The quantitative estimate of drug-likeness (QED) is 0.560. The van der Waals surface area contributed by atoms with E-state index in [9.17, 15) is 18.0 Å². The third-order valence-corrected chi connectivity index (χ3v) is 7.34. The second-order valence-electron chi connectivity index (χ2n) is 7.81. The van der Waals surface area contributed by atoms with E-state index in [2.05, 4.69) is 10.6 Å². The number of hydrogen-bond acceptors (Lipinski definition) is 5. The number of hydrogen-bond donors (Lipinski definition) is 2. The molecule has 3 aromatic rings. The Hall–Kier alpha value is -3.43. The Labute approximate surface area is 192 Å². The van der Waals surface area contributed by atoms with Crippen LogP contribution in [0, 0.1) is 0 Å². The van der Waals surface area contributed by atoms with Crippen molar-refractivity contribution in [2.75, 3.05) is 23.7 Å². The van der Waals surface area contributed by atoms with Crippen LogP contribution in [0.25, 0.3) is 0 Å². The van der Waals surface area contributed by atoms with Crippen LogP contribution in [-0.2, 0) is 10.0 Å². The molecule has 2 amide bonds. The van der Waals surface area contributed by atoms with Gasteiger partial charge in [0, 0.05) is 30.0 Å². The fourth-order valence-corrected chi connectivity index (χ4v) is 5.24. The molecule has 0 atom stereocenters. The smallest absolute Gasteiger partial charge is 0.291 e. The van der Waals surface area contributed by atoms with Gasteiger partial charge in [0.25, 0.3) is 11.8 Å². The van der Waals surface area contributed by atoms with Crippen molar-refractivity contribution in [3.8, 4) is 0 Å². The number of amides is 2. The first-order valence-corrected chi connectivity index (χ1v) is 12.2. The van der Waals surface area contributed by atoms with E-state index >= 15 is 0 Å². The molecule has 0 spiro atoms. The largest absolute Gasteiger partial charge is 0.459 e. The van der Waals surface area contributed by atoms with Gasteiger partial charge in [0.2, 0.25) is 10.0 Å². The van der Waals surface area contributed by atoms with Gasteiger partial charge >= 0.3 is 0 Å². The first-order chi connectivity index (χ1) is 15.9. The minimum absolute atomic E-state index is 0.165. The summed E-state index contributed by atoms with van der Waals surface area (Å²) in [7, 11) is -3.61. The summed E-state index contributed by atoms with van der Waals surface area (Å²) in [5.74, 6) is -0.588. The summed E-state index contributed by atoms with van der Waals surface area (Å²) in [6.45, 7) is 1.03. The fraction of sp³-hybridized carbons (Fsp3) is 0.250. The molecule has 0 radical (unpaired) electrons. The van der Waals surface area contributed by atoms with Crippen LogP contribution in [0.5, 0.6) is 0 Å². The van der Waals surface area contributed by atoms with Gasteiger partial charge in [0.1, 0.15) is 0 Å². The number of carbonyl (C=O) groups excluding carboxylic acids is 2. The number of rotatable bonds is 6. The number of nitrogens with one attached hydrogen (secondary N) is 2. The first kappa shape index (κ1) is 22.8. The molecule has 1 aliphatic heterocycles. The lowest BCUT2D eigenvalue weighted by molar-refractivity contribution is 0.0995. The van der Waals surface area contributed by atoms with Crippen molar-refractivity contribution >= 4 is 33.2 Å². The lowest BCUT2D eigenvalue weighted by Crippen LogP contribution is -2.32. The van der Waals surface area contributed by atoms with Crippen LogP contribution in [0.1, 0.15) is 46.6 Å². The summed E-state index contributed by atoms with van der Waals surface area (Å²) in [6.07, 6.45) is 5.19. The van der Waals surface area contributed by atoms with Gasteiger partial charge in [-0.1, -0.05) is 18.9 Å². The molecule has 2 heterocycles. The zero-order chi connectivity index (χ0) is 23.3. The molecule has 2 aromatic carbocycles. The fourth-order valence-electron chi connectivity index (χ4n) is 3.67. The highest BCUT2D eigenvalue weighted by atomic mass is 32.2. The van der Waals surface area contributed by atoms with Gasteiger partial charge in [-0.2, -0.15) is 4.31 Å². The van der Waals surface area contributed by atoms with E-state index < -0.39 is 10.0 Å². The number of nitrogens with zero attached hydrogens (tertiary/aromatic N) is 1. The molecule has 8 nitrogen and oxygen atoms in total. The Morgan fingerprint density at radius 2 is 1.48 bits per heavy atom.